The molecule has 2 aromatic carbocycles. The topological polar surface area (TPSA) is 106 Å². The third kappa shape index (κ3) is 6.01. The van der Waals surface area contributed by atoms with Crippen LogP contribution in [0.2, 0.25) is 0 Å². The van der Waals surface area contributed by atoms with E-state index in [0.29, 0.717) is 22.2 Å². The van der Waals surface area contributed by atoms with E-state index in [1.165, 1.54) is 18.2 Å². The number of rotatable bonds is 7. The largest absolute Gasteiger partial charge is 0.418 e. The molecule has 0 aliphatic heterocycles. The summed E-state index contributed by atoms with van der Waals surface area (Å²) in [6.07, 6.45) is -3.53. The Labute approximate surface area is 186 Å². The minimum atomic E-state index is -4.58. The van der Waals surface area contributed by atoms with E-state index in [1.54, 1.807) is 35.9 Å². The first-order chi connectivity index (χ1) is 14.9. The Morgan fingerprint density at radius 3 is 2.38 bits per heavy atom. The van der Waals surface area contributed by atoms with Crippen molar-refractivity contribution in [3.63, 3.8) is 0 Å². The number of amides is 1. The summed E-state index contributed by atoms with van der Waals surface area (Å²) >= 11 is 1.02. The van der Waals surface area contributed by atoms with E-state index < -0.39 is 27.7 Å². The number of carbonyl (C=O) groups excluding carboxylic acids is 1. The van der Waals surface area contributed by atoms with Gasteiger partial charge in [-0.2, -0.15) is 13.2 Å². The molecule has 0 radical (unpaired) electrons. The zero-order valence-electron chi connectivity index (χ0n) is 16.8. The highest BCUT2D eigenvalue weighted by Gasteiger charge is 2.33. The average molecular weight is 486 g/mol. The van der Waals surface area contributed by atoms with Crippen LogP contribution in [0.15, 0.2) is 53.7 Å². The smallest absolute Gasteiger partial charge is 0.325 e. The number of sulfonamides is 1. The van der Waals surface area contributed by atoms with Gasteiger partial charge < -0.3 is 9.88 Å². The molecule has 2 N–H and O–H groups in total. The van der Waals surface area contributed by atoms with Crippen molar-refractivity contribution >= 4 is 39.1 Å². The number of thioether (sulfide) groups is 1. The second-order valence-corrected chi connectivity index (χ2v) is 9.39. The zero-order chi connectivity index (χ0) is 23.5. The van der Waals surface area contributed by atoms with Gasteiger partial charge in [0.05, 0.1) is 23.3 Å². The number of benzene rings is 2. The predicted molar refractivity (Wildman–Crippen MR) is 116 cm³/mol. The fourth-order valence-corrected chi connectivity index (χ4v) is 4.02. The van der Waals surface area contributed by atoms with Gasteiger partial charge in [0, 0.05) is 18.3 Å². The Kier molecular flexibility index (Phi) is 6.79. The lowest BCUT2D eigenvalue weighted by molar-refractivity contribution is -0.137. The first kappa shape index (κ1) is 23.6. The first-order valence-corrected chi connectivity index (χ1v) is 11.9. The molecule has 1 aromatic heterocycles. The molecule has 0 saturated carbocycles. The van der Waals surface area contributed by atoms with Crippen molar-refractivity contribution < 1.29 is 26.4 Å². The molecule has 0 unspecified atom stereocenters. The Bertz CT molecular complexity index is 1230. The molecule has 3 rings (SSSR count). The van der Waals surface area contributed by atoms with Crippen molar-refractivity contribution in [2.75, 3.05) is 22.0 Å². The maximum Gasteiger partial charge on any atom is 0.418 e. The third-order valence-electron chi connectivity index (χ3n) is 4.12. The highest BCUT2D eigenvalue weighted by Crippen LogP contribution is 2.34. The van der Waals surface area contributed by atoms with Crippen molar-refractivity contribution in [1.29, 1.82) is 0 Å². The molecule has 0 saturated heterocycles. The molecule has 0 fully saturated rings. The maximum absolute atomic E-state index is 13.1. The number of nitrogens with zero attached hydrogens (tertiary/aromatic N) is 3. The molecular weight excluding hydrogens is 467 g/mol. The van der Waals surface area contributed by atoms with E-state index in [4.69, 9.17) is 0 Å². The number of alkyl halides is 3. The van der Waals surface area contributed by atoms with Gasteiger partial charge in [0.15, 0.2) is 11.0 Å². The molecule has 0 aliphatic rings. The van der Waals surface area contributed by atoms with Crippen molar-refractivity contribution in [3.05, 3.63) is 54.1 Å². The van der Waals surface area contributed by atoms with Crippen molar-refractivity contribution in [1.82, 2.24) is 14.8 Å². The Morgan fingerprint density at radius 2 is 1.75 bits per heavy atom. The molecule has 32 heavy (non-hydrogen) atoms. The van der Waals surface area contributed by atoms with Crippen LogP contribution < -0.4 is 10.0 Å². The van der Waals surface area contributed by atoms with E-state index in [0.717, 1.165) is 24.1 Å². The minimum absolute atomic E-state index is 0.171. The molecule has 0 atom stereocenters. The highest BCUT2D eigenvalue weighted by molar-refractivity contribution is 7.99. The second-order valence-electron chi connectivity index (χ2n) is 6.70. The van der Waals surface area contributed by atoms with E-state index in [2.05, 4.69) is 20.2 Å². The van der Waals surface area contributed by atoms with E-state index in [9.17, 15) is 26.4 Å². The molecule has 1 amide bonds. The molecule has 3 aromatic rings. The lowest BCUT2D eigenvalue weighted by Gasteiger charge is -2.13. The van der Waals surface area contributed by atoms with E-state index in [1.807, 2.05) is 0 Å². The lowest BCUT2D eigenvalue weighted by Crippen LogP contribution is -2.18. The maximum atomic E-state index is 13.1. The van der Waals surface area contributed by atoms with Gasteiger partial charge in [0.1, 0.15) is 0 Å². The van der Waals surface area contributed by atoms with Gasteiger partial charge in [-0.3, -0.25) is 9.52 Å². The van der Waals surface area contributed by atoms with Crippen LogP contribution in [0.3, 0.4) is 0 Å². The first-order valence-electron chi connectivity index (χ1n) is 9.00. The SMILES string of the molecule is Cn1c(SCC(=O)Nc2ccccc2C(F)(F)F)nnc1-c1ccc(NS(C)(=O)=O)cc1. The fraction of sp³-hybridized carbons (Fsp3) is 0.211. The molecule has 0 aliphatic carbocycles. The molecule has 1 heterocycles. The number of halogens is 3. The quantitative estimate of drug-likeness (QED) is 0.496. The second kappa shape index (κ2) is 9.20. The van der Waals surface area contributed by atoms with Crippen LogP contribution in [0.25, 0.3) is 11.4 Å². The number of hydrogen-bond donors (Lipinski definition) is 2. The monoisotopic (exact) mass is 485 g/mol. The number of para-hydroxylation sites is 1. The van der Waals surface area contributed by atoms with Crippen LogP contribution in [0.4, 0.5) is 24.5 Å². The molecule has 13 heteroatoms. The Morgan fingerprint density at radius 1 is 1.09 bits per heavy atom. The van der Waals surface area contributed by atoms with E-state index in [-0.39, 0.29) is 11.4 Å². The van der Waals surface area contributed by atoms with Crippen molar-refractivity contribution in [2.45, 2.75) is 11.3 Å². The predicted octanol–water partition coefficient (Wildman–Crippen LogP) is 3.60. The van der Waals surface area contributed by atoms with Gasteiger partial charge >= 0.3 is 6.18 Å². The van der Waals surface area contributed by atoms with Crippen LogP contribution in [-0.2, 0) is 28.0 Å². The molecule has 0 spiro atoms. The van der Waals surface area contributed by atoms with Crippen molar-refractivity contribution in [2.24, 2.45) is 7.05 Å². The van der Waals surface area contributed by atoms with Crippen LogP contribution in [0.1, 0.15) is 5.56 Å². The van der Waals surface area contributed by atoms with Crippen LogP contribution in [0.5, 0.6) is 0 Å². The van der Waals surface area contributed by atoms with Crippen LogP contribution in [-0.4, -0.2) is 41.1 Å². The number of aromatic nitrogens is 3. The average Bonchev–Trinajstić information content (AvgIpc) is 3.06. The molecule has 0 bridgehead atoms. The van der Waals surface area contributed by atoms with Gasteiger partial charge in [0.2, 0.25) is 15.9 Å². The summed E-state index contributed by atoms with van der Waals surface area (Å²) in [4.78, 5) is 12.2. The summed E-state index contributed by atoms with van der Waals surface area (Å²) in [7, 11) is -1.72. The standard InChI is InChI=1S/C19H18F3N5O3S2/c1-27-17(12-7-9-13(10-8-12)26-32(2,29)30)24-25-18(27)31-11-16(28)23-15-6-4-3-5-14(15)19(20,21)22/h3-10,26H,11H2,1-2H3,(H,23,28). The number of hydrogen-bond acceptors (Lipinski definition) is 6. The van der Waals surface area contributed by atoms with Gasteiger partial charge in [-0.25, -0.2) is 8.42 Å². The van der Waals surface area contributed by atoms with Gasteiger partial charge in [-0.1, -0.05) is 23.9 Å². The van der Waals surface area contributed by atoms with E-state index >= 15 is 0 Å². The summed E-state index contributed by atoms with van der Waals surface area (Å²) in [6.45, 7) is 0. The summed E-state index contributed by atoms with van der Waals surface area (Å²) in [5, 5.41) is 10.7. The Balaban J connectivity index is 1.66. The summed E-state index contributed by atoms with van der Waals surface area (Å²) in [5.41, 5.74) is -0.182. The fourth-order valence-electron chi connectivity index (χ4n) is 2.75. The number of anilines is 2. The summed E-state index contributed by atoms with van der Waals surface area (Å²) in [6, 6.07) is 11.2. The lowest BCUT2D eigenvalue weighted by atomic mass is 10.1. The number of nitrogens with one attached hydrogen (secondary N) is 2. The van der Waals surface area contributed by atoms with Crippen molar-refractivity contribution in [3.8, 4) is 11.4 Å². The summed E-state index contributed by atoms with van der Waals surface area (Å²) in [5.74, 6) is -0.316. The molecule has 170 valence electrons. The van der Waals surface area contributed by atoms with Crippen LogP contribution in [0, 0.1) is 0 Å². The summed E-state index contributed by atoms with van der Waals surface area (Å²) < 4.78 is 65.8. The Hall–Kier alpha value is -3.06. The van der Waals surface area contributed by atoms with Gasteiger partial charge in [-0.05, 0) is 36.4 Å². The van der Waals surface area contributed by atoms with Gasteiger partial charge in [0.25, 0.3) is 0 Å². The van der Waals surface area contributed by atoms with Crippen LogP contribution >= 0.6 is 11.8 Å². The molecule has 8 nitrogen and oxygen atoms in total. The van der Waals surface area contributed by atoms with Gasteiger partial charge in [-0.15, -0.1) is 10.2 Å². The number of carbonyl (C=O) groups is 1. The normalized spacial score (nSPS) is 11.9. The highest BCUT2D eigenvalue weighted by atomic mass is 32.2. The third-order valence-corrected chi connectivity index (χ3v) is 5.75. The zero-order valence-corrected chi connectivity index (χ0v) is 18.5. The molecular formula is C19H18F3N5O3S2. The minimum Gasteiger partial charge on any atom is -0.325 e.